The van der Waals surface area contributed by atoms with E-state index in [0.717, 1.165) is 33.3 Å². The molecule has 10 rings (SSSR count). The van der Waals surface area contributed by atoms with E-state index in [1.54, 1.807) is 0 Å². The summed E-state index contributed by atoms with van der Waals surface area (Å²) in [5.74, 6) is 0. The first-order valence-corrected chi connectivity index (χ1v) is 16.7. The number of thiophene rings is 1. The average Bonchev–Trinajstić information content (AvgIpc) is 3.71. The van der Waals surface area contributed by atoms with Gasteiger partial charge in [0.15, 0.2) is 0 Å². The highest BCUT2D eigenvalue weighted by atomic mass is 32.1. The summed E-state index contributed by atoms with van der Waals surface area (Å²) < 4.78 is 8.88. The van der Waals surface area contributed by atoms with Crippen molar-refractivity contribution in [1.82, 2.24) is 0 Å². The minimum Gasteiger partial charge on any atom is -0.456 e. The average molecular weight is 618 g/mol. The van der Waals surface area contributed by atoms with Crippen LogP contribution in [0.3, 0.4) is 0 Å². The summed E-state index contributed by atoms with van der Waals surface area (Å²) in [7, 11) is 0. The molecule has 0 radical (unpaired) electrons. The zero-order valence-corrected chi connectivity index (χ0v) is 26.2. The van der Waals surface area contributed by atoms with Gasteiger partial charge >= 0.3 is 0 Å². The zero-order valence-electron chi connectivity index (χ0n) is 25.4. The van der Waals surface area contributed by atoms with Crippen LogP contribution in [-0.2, 0) is 0 Å². The highest BCUT2D eigenvalue weighted by Crippen LogP contribution is 2.46. The van der Waals surface area contributed by atoms with Gasteiger partial charge in [-0.25, -0.2) is 0 Å². The Morgan fingerprint density at radius 3 is 2.02 bits per heavy atom. The Morgan fingerprint density at radius 1 is 0.426 bits per heavy atom. The Labute approximate surface area is 275 Å². The van der Waals surface area contributed by atoms with E-state index in [2.05, 4.69) is 163 Å². The summed E-state index contributed by atoms with van der Waals surface area (Å²) in [4.78, 5) is 2.43. The normalized spacial score (nSPS) is 11.8. The first-order chi connectivity index (χ1) is 23.3. The maximum absolute atomic E-state index is 6.30. The first kappa shape index (κ1) is 26.3. The second-order valence-electron chi connectivity index (χ2n) is 12.1. The molecule has 47 heavy (non-hydrogen) atoms. The summed E-state index contributed by atoms with van der Waals surface area (Å²) in [6, 6.07) is 59.1. The van der Waals surface area contributed by atoms with Crippen LogP contribution in [0, 0.1) is 0 Å². The van der Waals surface area contributed by atoms with E-state index in [0.29, 0.717) is 0 Å². The van der Waals surface area contributed by atoms with Gasteiger partial charge in [0.25, 0.3) is 0 Å². The van der Waals surface area contributed by atoms with Crippen LogP contribution >= 0.6 is 11.3 Å². The van der Waals surface area contributed by atoms with Crippen molar-refractivity contribution in [3.05, 3.63) is 164 Å². The topological polar surface area (TPSA) is 16.4 Å². The van der Waals surface area contributed by atoms with Crippen molar-refractivity contribution < 1.29 is 4.42 Å². The molecule has 0 atom stereocenters. The fourth-order valence-electron chi connectivity index (χ4n) is 7.31. The van der Waals surface area contributed by atoms with Crippen molar-refractivity contribution in [3.63, 3.8) is 0 Å². The zero-order chi connectivity index (χ0) is 30.9. The largest absolute Gasteiger partial charge is 0.456 e. The third kappa shape index (κ3) is 4.10. The van der Waals surface area contributed by atoms with E-state index in [-0.39, 0.29) is 0 Å². The van der Waals surface area contributed by atoms with Gasteiger partial charge in [-0.15, -0.1) is 11.3 Å². The van der Waals surface area contributed by atoms with E-state index < -0.39 is 0 Å². The molecule has 220 valence electrons. The van der Waals surface area contributed by atoms with E-state index in [1.807, 2.05) is 17.4 Å². The Kier molecular flexibility index (Phi) is 5.78. The van der Waals surface area contributed by atoms with E-state index in [1.165, 1.54) is 58.5 Å². The lowest BCUT2D eigenvalue weighted by Crippen LogP contribution is -2.10. The standard InChI is InChI=1S/C44H27NOS/c1-2-11-33-28(9-1)10-7-14-34(33)29-19-23-31(24-20-29)45(38-15-8-18-42-44(38)36-13-4-6-17-41(36)47-42)32-25-21-30-22-26-40-43(37(30)27-32)35-12-3-5-16-39(35)46-40/h1-27H. The van der Waals surface area contributed by atoms with Crippen molar-refractivity contribution in [2.45, 2.75) is 0 Å². The minimum atomic E-state index is 0.910. The molecular formula is C44H27NOS. The summed E-state index contributed by atoms with van der Waals surface area (Å²) in [6.45, 7) is 0. The van der Waals surface area contributed by atoms with Crippen LogP contribution in [0.4, 0.5) is 17.1 Å². The van der Waals surface area contributed by atoms with Gasteiger partial charge in [0, 0.05) is 42.3 Å². The van der Waals surface area contributed by atoms with Crippen molar-refractivity contribution in [1.29, 1.82) is 0 Å². The number of benzene rings is 8. The third-order valence-electron chi connectivity index (χ3n) is 9.45. The fourth-order valence-corrected chi connectivity index (χ4v) is 8.43. The molecule has 0 aliphatic rings. The van der Waals surface area contributed by atoms with Gasteiger partial charge < -0.3 is 9.32 Å². The number of furan rings is 1. The molecule has 0 unspecified atom stereocenters. The molecule has 0 bridgehead atoms. The molecule has 10 aromatic rings. The molecule has 0 aliphatic heterocycles. The van der Waals surface area contributed by atoms with E-state index in [4.69, 9.17) is 4.42 Å². The van der Waals surface area contributed by atoms with Crippen molar-refractivity contribution in [3.8, 4) is 11.1 Å². The van der Waals surface area contributed by atoms with E-state index >= 15 is 0 Å². The molecule has 8 aromatic carbocycles. The molecule has 3 heteroatoms. The Hall–Kier alpha value is -5.90. The van der Waals surface area contributed by atoms with Crippen molar-refractivity contribution in [2.24, 2.45) is 0 Å². The second kappa shape index (κ2) is 10.3. The maximum atomic E-state index is 6.30. The molecule has 2 heterocycles. The van der Waals surface area contributed by atoms with Crippen LogP contribution < -0.4 is 4.90 Å². The highest BCUT2D eigenvalue weighted by molar-refractivity contribution is 7.26. The lowest BCUT2D eigenvalue weighted by molar-refractivity contribution is 0.669. The molecule has 0 aliphatic carbocycles. The molecule has 0 saturated carbocycles. The molecule has 0 fully saturated rings. The van der Waals surface area contributed by atoms with Crippen molar-refractivity contribution >= 4 is 92.1 Å². The Balaban J connectivity index is 1.23. The quantitative estimate of drug-likeness (QED) is 0.195. The third-order valence-corrected chi connectivity index (χ3v) is 10.6. The smallest absolute Gasteiger partial charge is 0.136 e. The van der Waals surface area contributed by atoms with Crippen LogP contribution in [0.25, 0.3) is 74.8 Å². The lowest BCUT2D eigenvalue weighted by atomic mass is 9.98. The number of hydrogen-bond acceptors (Lipinski definition) is 3. The van der Waals surface area contributed by atoms with Crippen LogP contribution in [0.1, 0.15) is 0 Å². The summed E-state index contributed by atoms with van der Waals surface area (Å²) in [5, 5.41) is 9.75. The fraction of sp³-hybridized carbons (Fsp3) is 0. The number of nitrogens with zero attached hydrogens (tertiary/aromatic N) is 1. The molecule has 0 N–H and O–H groups in total. The highest BCUT2D eigenvalue weighted by Gasteiger charge is 2.20. The predicted molar refractivity (Wildman–Crippen MR) is 202 cm³/mol. The summed E-state index contributed by atoms with van der Waals surface area (Å²) >= 11 is 1.85. The van der Waals surface area contributed by atoms with Gasteiger partial charge in [0.05, 0.1) is 5.69 Å². The monoisotopic (exact) mass is 617 g/mol. The van der Waals surface area contributed by atoms with Gasteiger partial charge in [-0.2, -0.15) is 0 Å². The summed E-state index contributed by atoms with van der Waals surface area (Å²) in [5.41, 5.74) is 7.66. The number of rotatable bonds is 4. The van der Waals surface area contributed by atoms with Gasteiger partial charge in [0.2, 0.25) is 0 Å². The van der Waals surface area contributed by atoms with Crippen LogP contribution in [0.15, 0.2) is 168 Å². The maximum Gasteiger partial charge on any atom is 0.136 e. The first-order valence-electron chi connectivity index (χ1n) is 15.9. The molecular weight excluding hydrogens is 591 g/mol. The van der Waals surface area contributed by atoms with Gasteiger partial charge in [0.1, 0.15) is 11.2 Å². The molecule has 0 amide bonds. The predicted octanol–water partition coefficient (Wildman–Crippen LogP) is 13.4. The van der Waals surface area contributed by atoms with Crippen LogP contribution in [0.5, 0.6) is 0 Å². The molecule has 0 saturated heterocycles. The summed E-state index contributed by atoms with van der Waals surface area (Å²) in [6.07, 6.45) is 0. The number of para-hydroxylation sites is 1. The van der Waals surface area contributed by atoms with Crippen LogP contribution in [-0.4, -0.2) is 0 Å². The number of fused-ring (bicyclic) bond motifs is 9. The van der Waals surface area contributed by atoms with E-state index in [9.17, 15) is 0 Å². The van der Waals surface area contributed by atoms with Crippen molar-refractivity contribution in [2.75, 3.05) is 4.90 Å². The number of anilines is 3. The Bertz CT molecular complexity index is 2800. The molecule has 2 aromatic heterocycles. The lowest BCUT2D eigenvalue weighted by Gasteiger charge is -2.27. The Morgan fingerprint density at radius 2 is 1.11 bits per heavy atom. The molecule has 0 spiro atoms. The SMILES string of the molecule is c1ccc2c(-c3ccc(N(c4ccc5ccc6oc7ccccc7c6c5c4)c4cccc5sc6ccccc6c45)cc3)cccc2c1. The van der Waals surface area contributed by atoms with Gasteiger partial charge in [-0.1, -0.05) is 109 Å². The second-order valence-corrected chi connectivity index (χ2v) is 13.2. The number of hydrogen-bond donors (Lipinski definition) is 0. The minimum absolute atomic E-state index is 0.910. The van der Waals surface area contributed by atoms with Gasteiger partial charge in [-0.3, -0.25) is 0 Å². The van der Waals surface area contributed by atoms with Crippen LogP contribution in [0.2, 0.25) is 0 Å². The van der Waals surface area contributed by atoms with Gasteiger partial charge in [-0.05, 0) is 87.3 Å². The molecule has 2 nitrogen and oxygen atoms in total.